The van der Waals surface area contributed by atoms with E-state index in [1.165, 1.54) is 18.4 Å². The van der Waals surface area contributed by atoms with E-state index in [0.29, 0.717) is 6.61 Å². The molecule has 96 valence electrons. The average molecular weight is 244 g/mol. The summed E-state index contributed by atoms with van der Waals surface area (Å²) >= 11 is 0. The van der Waals surface area contributed by atoms with Crippen LogP contribution >= 0.6 is 0 Å². The Bertz CT molecular complexity index is 401. The van der Waals surface area contributed by atoms with E-state index in [-0.39, 0.29) is 6.04 Å². The largest absolute Gasteiger partial charge is 0.494 e. The highest BCUT2D eigenvalue weighted by atomic mass is 16.5. The maximum atomic E-state index is 9.27. The van der Waals surface area contributed by atoms with Crippen LogP contribution in [-0.2, 0) is 6.42 Å². The first-order chi connectivity index (χ1) is 8.83. The molecule has 0 saturated carbocycles. The van der Waals surface area contributed by atoms with Crippen LogP contribution in [0.5, 0.6) is 5.75 Å². The number of rotatable bonds is 5. The van der Waals surface area contributed by atoms with Crippen LogP contribution < -0.4 is 4.74 Å². The maximum absolute atomic E-state index is 9.27. The molecule has 0 radical (unpaired) electrons. The molecule has 1 aromatic rings. The van der Waals surface area contributed by atoms with Gasteiger partial charge in [0.15, 0.2) is 0 Å². The molecule has 1 saturated heterocycles. The lowest BCUT2D eigenvalue weighted by Crippen LogP contribution is -2.33. The molecule has 2 rings (SSSR count). The highest BCUT2D eigenvalue weighted by molar-refractivity contribution is 5.28. The van der Waals surface area contributed by atoms with Crippen molar-refractivity contribution in [3.8, 4) is 11.8 Å². The number of hydrogen-bond donors (Lipinski definition) is 0. The van der Waals surface area contributed by atoms with Gasteiger partial charge >= 0.3 is 0 Å². The van der Waals surface area contributed by atoms with Crippen molar-refractivity contribution in [1.29, 1.82) is 5.26 Å². The van der Waals surface area contributed by atoms with Crippen molar-refractivity contribution in [3.63, 3.8) is 0 Å². The molecule has 1 unspecified atom stereocenters. The Morgan fingerprint density at radius 1 is 1.28 bits per heavy atom. The van der Waals surface area contributed by atoms with Gasteiger partial charge in [-0.05, 0) is 50.6 Å². The Labute approximate surface area is 109 Å². The normalized spacial score (nSPS) is 17.3. The van der Waals surface area contributed by atoms with Crippen LogP contribution in [0.25, 0.3) is 0 Å². The van der Waals surface area contributed by atoms with E-state index < -0.39 is 0 Å². The first kappa shape index (κ1) is 12.9. The van der Waals surface area contributed by atoms with Gasteiger partial charge in [-0.1, -0.05) is 12.1 Å². The van der Waals surface area contributed by atoms with Crippen molar-refractivity contribution in [2.75, 3.05) is 19.7 Å². The van der Waals surface area contributed by atoms with Gasteiger partial charge in [0.05, 0.1) is 12.7 Å². The molecule has 1 heterocycles. The second-order valence-corrected chi connectivity index (χ2v) is 4.67. The predicted molar refractivity (Wildman–Crippen MR) is 71.5 cm³/mol. The summed E-state index contributed by atoms with van der Waals surface area (Å²) in [5.41, 5.74) is 1.21. The van der Waals surface area contributed by atoms with Crippen LogP contribution in [-0.4, -0.2) is 30.6 Å². The summed E-state index contributed by atoms with van der Waals surface area (Å²) in [7, 11) is 0. The van der Waals surface area contributed by atoms with Gasteiger partial charge in [0, 0.05) is 6.42 Å². The number of ether oxygens (including phenoxy) is 1. The first-order valence-electron chi connectivity index (χ1n) is 6.69. The fourth-order valence-electron chi connectivity index (χ4n) is 2.42. The van der Waals surface area contributed by atoms with Crippen molar-refractivity contribution in [2.24, 2.45) is 0 Å². The van der Waals surface area contributed by atoms with Gasteiger partial charge in [0.25, 0.3) is 0 Å². The molecule has 0 N–H and O–H groups in total. The lowest BCUT2D eigenvalue weighted by molar-refractivity contribution is 0.288. The second-order valence-electron chi connectivity index (χ2n) is 4.67. The number of likely N-dealkylation sites (tertiary alicyclic amines) is 1. The molecule has 0 amide bonds. The molecule has 1 aromatic carbocycles. The van der Waals surface area contributed by atoms with E-state index in [1.807, 2.05) is 19.1 Å². The summed E-state index contributed by atoms with van der Waals surface area (Å²) in [6.45, 7) is 4.80. The van der Waals surface area contributed by atoms with Crippen LogP contribution in [0.4, 0.5) is 0 Å². The standard InChI is InChI=1S/C15H20N2O/c1-2-18-15-7-5-13(6-8-15)11-14(12-16)17-9-3-4-10-17/h5-8,14H,2-4,9-11H2,1H3. The fraction of sp³-hybridized carbons (Fsp3) is 0.533. The summed E-state index contributed by atoms with van der Waals surface area (Å²) in [6.07, 6.45) is 3.26. The Balaban J connectivity index is 1.96. The molecule has 18 heavy (non-hydrogen) atoms. The average Bonchev–Trinajstić information content (AvgIpc) is 2.92. The van der Waals surface area contributed by atoms with E-state index in [2.05, 4.69) is 23.1 Å². The van der Waals surface area contributed by atoms with E-state index >= 15 is 0 Å². The third-order valence-corrected chi connectivity index (χ3v) is 3.39. The molecule has 0 aliphatic carbocycles. The highest BCUT2D eigenvalue weighted by Gasteiger charge is 2.21. The Hall–Kier alpha value is -1.53. The van der Waals surface area contributed by atoms with E-state index in [1.54, 1.807) is 0 Å². The number of hydrogen-bond acceptors (Lipinski definition) is 3. The summed E-state index contributed by atoms with van der Waals surface area (Å²) < 4.78 is 5.42. The summed E-state index contributed by atoms with van der Waals surface area (Å²) in [6, 6.07) is 10.5. The van der Waals surface area contributed by atoms with Crippen LogP contribution in [0, 0.1) is 11.3 Å². The van der Waals surface area contributed by atoms with Crippen molar-refractivity contribution in [1.82, 2.24) is 4.90 Å². The second kappa shape index (κ2) is 6.42. The van der Waals surface area contributed by atoms with Crippen molar-refractivity contribution in [2.45, 2.75) is 32.2 Å². The van der Waals surface area contributed by atoms with Gasteiger partial charge in [-0.3, -0.25) is 4.90 Å². The molecule has 0 aromatic heterocycles. The molecule has 1 fully saturated rings. The van der Waals surface area contributed by atoms with Gasteiger partial charge in [-0.2, -0.15) is 5.26 Å². The maximum Gasteiger partial charge on any atom is 0.119 e. The zero-order chi connectivity index (χ0) is 12.8. The summed E-state index contributed by atoms with van der Waals surface area (Å²) in [5.74, 6) is 0.899. The minimum Gasteiger partial charge on any atom is -0.494 e. The lowest BCUT2D eigenvalue weighted by Gasteiger charge is -2.21. The monoisotopic (exact) mass is 244 g/mol. The third-order valence-electron chi connectivity index (χ3n) is 3.39. The number of benzene rings is 1. The summed E-state index contributed by atoms with van der Waals surface area (Å²) in [4.78, 5) is 2.29. The smallest absolute Gasteiger partial charge is 0.119 e. The van der Waals surface area contributed by atoms with Crippen molar-refractivity contribution in [3.05, 3.63) is 29.8 Å². The molecule has 1 atom stereocenters. The number of nitrogens with zero attached hydrogens (tertiary/aromatic N) is 2. The van der Waals surface area contributed by atoms with Crippen LogP contribution in [0.15, 0.2) is 24.3 Å². The van der Waals surface area contributed by atoms with Crippen LogP contribution in [0.1, 0.15) is 25.3 Å². The van der Waals surface area contributed by atoms with Crippen molar-refractivity contribution >= 4 is 0 Å². The Morgan fingerprint density at radius 3 is 2.50 bits per heavy atom. The SMILES string of the molecule is CCOc1ccc(CC(C#N)N2CCCC2)cc1. The fourth-order valence-corrected chi connectivity index (χ4v) is 2.42. The van der Waals surface area contributed by atoms with Gasteiger partial charge in [-0.25, -0.2) is 0 Å². The Morgan fingerprint density at radius 2 is 1.94 bits per heavy atom. The quantitative estimate of drug-likeness (QED) is 0.799. The predicted octanol–water partition coefficient (Wildman–Crippen LogP) is 2.62. The van der Waals surface area contributed by atoms with Gasteiger partial charge in [0.2, 0.25) is 0 Å². The molecule has 1 aliphatic rings. The van der Waals surface area contributed by atoms with Crippen LogP contribution in [0.3, 0.4) is 0 Å². The van der Waals surface area contributed by atoms with Gasteiger partial charge in [-0.15, -0.1) is 0 Å². The van der Waals surface area contributed by atoms with Crippen molar-refractivity contribution < 1.29 is 4.74 Å². The van der Waals surface area contributed by atoms with E-state index in [4.69, 9.17) is 4.74 Å². The minimum atomic E-state index is 0.0189. The lowest BCUT2D eigenvalue weighted by atomic mass is 10.1. The Kier molecular flexibility index (Phi) is 4.60. The topological polar surface area (TPSA) is 36.3 Å². The summed E-state index contributed by atoms with van der Waals surface area (Å²) in [5, 5.41) is 9.27. The molecule has 1 aliphatic heterocycles. The highest BCUT2D eigenvalue weighted by Crippen LogP contribution is 2.17. The third kappa shape index (κ3) is 3.24. The molecule has 3 heteroatoms. The number of nitriles is 1. The van der Waals surface area contributed by atoms with Gasteiger partial charge in [0.1, 0.15) is 11.8 Å². The molecular formula is C15H20N2O. The van der Waals surface area contributed by atoms with E-state index in [9.17, 15) is 5.26 Å². The zero-order valence-electron chi connectivity index (χ0n) is 10.9. The zero-order valence-corrected chi connectivity index (χ0v) is 10.9. The first-order valence-corrected chi connectivity index (χ1v) is 6.69. The minimum absolute atomic E-state index is 0.0189. The molecule has 0 spiro atoms. The van der Waals surface area contributed by atoms with Crippen LogP contribution in [0.2, 0.25) is 0 Å². The van der Waals surface area contributed by atoms with E-state index in [0.717, 1.165) is 25.3 Å². The molecule has 3 nitrogen and oxygen atoms in total. The molecular weight excluding hydrogens is 224 g/mol. The molecule has 0 bridgehead atoms. The van der Waals surface area contributed by atoms with Gasteiger partial charge < -0.3 is 4.74 Å².